The van der Waals surface area contributed by atoms with Crippen LogP contribution in [-0.4, -0.2) is 23.6 Å². The van der Waals surface area contributed by atoms with Gasteiger partial charge in [0, 0.05) is 13.5 Å². The summed E-state index contributed by atoms with van der Waals surface area (Å²) in [5.74, 6) is 2.39. The minimum Gasteiger partial charge on any atom is -0.477 e. The number of nitrogens with zero attached hydrogens (tertiary/aromatic N) is 2. The van der Waals surface area contributed by atoms with E-state index >= 15 is 0 Å². The van der Waals surface area contributed by atoms with Crippen LogP contribution < -0.4 is 10.1 Å². The van der Waals surface area contributed by atoms with Gasteiger partial charge in [0.25, 0.3) is 0 Å². The topological polar surface area (TPSA) is 47.0 Å². The molecule has 0 amide bonds. The third-order valence-electron chi connectivity index (χ3n) is 1.91. The summed E-state index contributed by atoms with van der Waals surface area (Å²) in [5.41, 5.74) is 1.10. The summed E-state index contributed by atoms with van der Waals surface area (Å²) in [6.45, 7) is 2.59. The highest BCUT2D eigenvalue weighted by molar-refractivity contribution is 5.50. The van der Waals surface area contributed by atoms with Crippen LogP contribution in [0.2, 0.25) is 0 Å². The number of rotatable bonds is 1. The Morgan fingerprint density at radius 2 is 2.25 bits per heavy atom. The first-order chi connectivity index (χ1) is 5.81. The van der Waals surface area contributed by atoms with Crippen LogP contribution >= 0.6 is 0 Å². The molecule has 4 nitrogen and oxygen atoms in total. The van der Waals surface area contributed by atoms with Crippen LogP contribution in [-0.2, 0) is 6.42 Å². The monoisotopic (exact) mass is 165 g/mol. The molecule has 1 aromatic heterocycles. The number of aromatic nitrogens is 2. The zero-order valence-corrected chi connectivity index (χ0v) is 7.22. The molecule has 0 bridgehead atoms. The standard InChI is InChI=1S/C8H11N3O/c1-5-10-7(9-2)6-3-4-12-8(6)11-5/h3-4H2,1-2H3,(H,9,10,11). The van der Waals surface area contributed by atoms with Crippen LogP contribution in [0.1, 0.15) is 11.4 Å². The molecule has 0 saturated heterocycles. The highest BCUT2D eigenvalue weighted by Crippen LogP contribution is 2.27. The van der Waals surface area contributed by atoms with Gasteiger partial charge in [-0.15, -0.1) is 0 Å². The van der Waals surface area contributed by atoms with Gasteiger partial charge in [-0.3, -0.25) is 0 Å². The fourth-order valence-electron chi connectivity index (χ4n) is 1.37. The third kappa shape index (κ3) is 0.995. The van der Waals surface area contributed by atoms with Crippen molar-refractivity contribution in [3.63, 3.8) is 0 Å². The van der Waals surface area contributed by atoms with E-state index in [0.717, 1.165) is 36.1 Å². The second kappa shape index (κ2) is 2.62. The van der Waals surface area contributed by atoms with Gasteiger partial charge in [0.15, 0.2) is 0 Å². The quantitative estimate of drug-likeness (QED) is 0.667. The van der Waals surface area contributed by atoms with E-state index in [9.17, 15) is 0 Å². The van der Waals surface area contributed by atoms with Gasteiger partial charge in [0.05, 0.1) is 12.2 Å². The summed E-state index contributed by atoms with van der Waals surface area (Å²) in [6, 6.07) is 0. The van der Waals surface area contributed by atoms with Crippen molar-refractivity contribution in [2.24, 2.45) is 0 Å². The van der Waals surface area contributed by atoms with E-state index in [2.05, 4.69) is 15.3 Å². The predicted molar refractivity (Wildman–Crippen MR) is 45.5 cm³/mol. The number of fused-ring (bicyclic) bond motifs is 1. The van der Waals surface area contributed by atoms with E-state index in [1.165, 1.54) is 0 Å². The number of ether oxygens (including phenoxy) is 1. The molecule has 1 aliphatic rings. The molecule has 12 heavy (non-hydrogen) atoms. The molecule has 1 aromatic rings. The SMILES string of the molecule is CNc1nc(C)nc2c1CCO2. The molecular weight excluding hydrogens is 154 g/mol. The lowest BCUT2D eigenvalue weighted by atomic mass is 10.2. The first-order valence-electron chi connectivity index (χ1n) is 3.99. The van der Waals surface area contributed by atoms with Crippen LogP contribution in [0.15, 0.2) is 0 Å². The first kappa shape index (κ1) is 7.34. The molecule has 2 rings (SSSR count). The molecule has 4 heteroatoms. The van der Waals surface area contributed by atoms with E-state index < -0.39 is 0 Å². The van der Waals surface area contributed by atoms with Gasteiger partial charge >= 0.3 is 0 Å². The fourth-order valence-corrected chi connectivity index (χ4v) is 1.37. The van der Waals surface area contributed by atoms with Gasteiger partial charge in [-0.25, -0.2) is 4.98 Å². The molecule has 1 aliphatic heterocycles. The molecule has 0 aliphatic carbocycles. The van der Waals surface area contributed by atoms with Crippen molar-refractivity contribution < 1.29 is 4.74 Å². The zero-order chi connectivity index (χ0) is 8.55. The number of nitrogens with one attached hydrogen (secondary N) is 1. The van der Waals surface area contributed by atoms with Crippen LogP contribution in [0.5, 0.6) is 5.88 Å². The van der Waals surface area contributed by atoms with Crippen molar-refractivity contribution in [1.82, 2.24) is 9.97 Å². The van der Waals surface area contributed by atoms with E-state index in [1.807, 2.05) is 14.0 Å². The minimum absolute atomic E-state index is 0.724. The predicted octanol–water partition coefficient (Wildman–Crippen LogP) is 0.762. The Morgan fingerprint density at radius 3 is 3.00 bits per heavy atom. The second-order valence-electron chi connectivity index (χ2n) is 2.75. The molecule has 0 radical (unpaired) electrons. The lowest BCUT2D eigenvalue weighted by Crippen LogP contribution is -2.00. The average Bonchev–Trinajstić information content (AvgIpc) is 2.50. The highest BCUT2D eigenvalue weighted by atomic mass is 16.5. The van der Waals surface area contributed by atoms with Crippen molar-refractivity contribution in [3.05, 3.63) is 11.4 Å². The van der Waals surface area contributed by atoms with Gasteiger partial charge < -0.3 is 10.1 Å². The van der Waals surface area contributed by atoms with Gasteiger partial charge in [-0.05, 0) is 6.92 Å². The first-order valence-corrected chi connectivity index (χ1v) is 3.99. The maximum absolute atomic E-state index is 5.33. The highest BCUT2D eigenvalue weighted by Gasteiger charge is 2.18. The molecule has 0 fully saturated rings. The Labute approximate surface area is 71.0 Å². The van der Waals surface area contributed by atoms with Gasteiger partial charge in [-0.1, -0.05) is 0 Å². The smallest absolute Gasteiger partial charge is 0.222 e. The lowest BCUT2D eigenvalue weighted by Gasteiger charge is -2.04. The molecule has 0 saturated carbocycles. The van der Waals surface area contributed by atoms with Crippen LogP contribution in [0.4, 0.5) is 5.82 Å². The van der Waals surface area contributed by atoms with Crippen molar-refractivity contribution in [2.45, 2.75) is 13.3 Å². The second-order valence-corrected chi connectivity index (χ2v) is 2.75. The lowest BCUT2D eigenvalue weighted by molar-refractivity contribution is 0.344. The van der Waals surface area contributed by atoms with Crippen LogP contribution in [0.3, 0.4) is 0 Å². The summed E-state index contributed by atoms with van der Waals surface area (Å²) >= 11 is 0. The fraction of sp³-hybridized carbons (Fsp3) is 0.500. The Morgan fingerprint density at radius 1 is 1.42 bits per heavy atom. The number of hydrogen-bond acceptors (Lipinski definition) is 4. The van der Waals surface area contributed by atoms with Gasteiger partial charge in [0.1, 0.15) is 11.6 Å². The summed E-state index contributed by atoms with van der Waals surface area (Å²) in [7, 11) is 1.86. The summed E-state index contributed by atoms with van der Waals surface area (Å²) in [5, 5.41) is 3.04. The molecular formula is C8H11N3O. The number of anilines is 1. The maximum Gasteiger partial charge on any atom is 0.222 e. The van der Waals surface area contributed by atoms with Crippen molar-refractivity contribution in [3.8, 4) is 5.88 Å². The zero-order valence-electron chi connectivity index (χ0n) is 7.22. The average molecular weight is 165 g/mol. The Kier molecular flexibility index (Phi) is 1.60. The van der Waals surface area contributed by atoms with Gasteiger partial charge in [0.2, 0.25) is 5.88 Å². The van der Waals surface area contributed by atoms with Crippen LogP contribution in [0.25, 0.3) is 0 Å². The maximum atomic E-state index is 5.33. The van der Waals surface area contributed by atoms with E-state index in [1.54, 1.807) is 0 Å². The number of hydrogen-bond donors (Lipinski definition) is 1. The van der Waals surface area contributed by atoms with Crippen molar-refractivity contribution >= 4 is 5.82 Å². The molecule has 64 valence electrons. The molecule has 2 heterocycles. The molecule has 0 atom stereocenters. The minimum atomic E-state index is 0.724. The third-order valence-corrected chi connectivity index (χ3v) is 1.91. The van der Waals surface area contributed by atoms with E-state index in [0.29, 0.717) is 0 Å². The number of aryl methyl sites for hydroxylation is 1. The summed E-state index contributed by atoms with van der Waals surface area (Å²) < 4.78 is 5.33. The Balaban J connectivity index is 2.55. The largest absolute Gasteiger partial charge is 0.477 e. The normalized spacial score (nSPS) is 13.8. The summed E-state index contributed by atoms with van der Waals surface area (Å²) in [6.07, 6.45) is 0.909. The van der Waals surface area contributed by atoms with Gasteiger partial charge in [-0.2, -0.15) is 4.98 Å². The molecule has 1 N–H and O–H groups in total. The Bertz CT molecular complexity index is 311. The van der Waals surface area contributed by atoms with E-state index in [4.69, 9.17) is 4.74 Å². The molecule has 0 unspecified atom stereocenters. The summed E-state index contributed by atoms with van der Waals surface area (Å²) in [4.78, 5) is 8.45. The molecule has 0 aromatic carbocycles. The van der Waals surface area contributed by atoms with Crippen molar-refractivity contribution in [1.29, 1.82) is 0 Å². The molecule has 0 spiro atoms. The Hall–Kier alpha value is -1.32. The van der Waals surface area contributed by atoms with Crippen LogP contribution in [0, 0.1) is 6.92 Å². The van der Waals surface area contributed by atoms with E-state index in [-0.39, 0.29) is 0 Å². The van der Waals surface area contributed by atoms with Crippen molar-refractivity contribution in [2.75, 3.05) is 19.0 Å².